The molecule has 0 aliphatic carbocycles. The van der Waals surface area contributed by atoms with Crippen molar-refractivity contribution in [3.63, 3.8) is 0 Å². The predicted molar refractivity (Wildman–Crippen MR) is 80.8 cm³/mol. The number of benzene rings is 2. The van der Waals surface area contributed by atoms with E-state index >= 15 is 0 Å². The molecule has 2 aromatic carbocycles. The van der Waals surface area contributed by atoms with Crippen molar-refractivity contribution in [3.05, 3.63) is 54.1 Å². The van der Waals surface area contributed by atoms with Crippen molar-refractivity contribution in [3.8, 4) is 17.0 Å². The van der Waals surface area contributed by atoms with Gasteiger partial charge in [-0.1, -0.05) is 24.3 Å². The fourth-order valence-electron chi connectivity index (χ4n) is 2.67. The first-order valence-corrected chi connectivity index (χ1v) is 6.58. The molecule has 102 valence electrons. The van der Waals surface area contributed by atoms with E-state index in [1.54, 1.807) is 7.11 Å². The molecule has 1 heterocycles. The van der Waals surface area contributed by atoms with Crippen molar-refractivity contribution in [2.45, 2.75) is 6.61 Å². The SMILES string of the molecule is COc1ccccc1-c1cc2c(CO)cccc2n1C. The van der Waals surface area contributed by atoms with Crippen LogP contribution in [0.2, 0.25) is 0 Å². The standard InChI is InChI=1S/C17H17NO2/c1-18-15-8-5-6-12(11-19)14(15)10-16(18)13-7-3-4-9-17(13)20-2/h3-10,19H,11H2,1-2H3. The van der Waals surface area contributed by atoms with Crippen LogP contribution in [0.5, 0.6) is 5.75 Å². The number of nitrogens with zero attached hydrogens (tertiary/aromatic N) is 1. The summed E-state index contributed by atoms with van der Waals surface area (Å²) in [7, 11) is 3.71. The summed E-state index contributed by atoms with van der Waals surface area (Å²) < 4.78 is 7.58. The Balaban J connectivity index is 2.29. The molecular weight excluding hydrogens is 250 g/mol. The number of methoxy groups -OCH3 is 1. The first-order valence-electron chi connectivity index (χ1n) is 6.58. The molecule has 0 atom stereocenters. The van der Waals surface area contributed by atoms with E-state index in [9.17, 15) is 5.11 Å². The van der Waals surface area contributed by atoms with Crippen LogP contribution >= 0.6 is 0 Å². The van der Waals surface area contributed by atoms with Crippen LogP contribution in [0, 0.1) is 0 Å². The zero-order valence-corrected chi connectivity index (χ0v) is 11.6. The number of aliphatic hydroxyl groups is 1. The molecule has 0 bridgehead atoms. The number of rotatable bonds is 3. The van der Waals surface area contributed by atoms with Gasteiger partial charge in [-0.05, 0) is 29.8 Å². The minimum absolute atomic E-state index is 0.0483. The highest BCUT2D eigenvalue weighted by molar-refractivity contribution is 5.90. The molecule has 0 saturated carbocycles. The van der Waals surface area contributed by atoms with Crippen molar-refractivity contribution >= 4 is 10.9 Å². The summed E-state index contributed by atoms with van der Waals surface area (Å²) in [5, 5.41) is 10.6. The maximum Gasteiger partial charge on any atom is 0.128 e. The third kappa shape index (κ3) is 1.87. The third-order valence-electron chi connectivity index (χ3n) is 3.73. The van der Waals surface area contributed by atoms with E-state index in [2.05, 4.69) is 16.7 Å². The zero-order chi connectivity index (χ0) is 14.1. The molecule has 3 aromatic rings. The Kier molecular flexibility index (Phi) is 3.20. The van der Waals surface area contributed by atoms with E-state index in [0.717, 1.165) is 33.5 Å². The van der Waals surface area contributed by atoms with Gasteiger partial charge in [0.1, 0.15) is 5.75 Å². The average molecular weight is 267 g/mol. The van der Waals surface area contributed by atoms with Crippen LogP contribution in [-0.4, -0.2) is 16.8 Å². The maximum atomic E-state index is 9.47. The fraction of sp³-hybridized carbons (Fsp3) is 0.176. The molecule has 3 heteroatoms. The summed E-state index contributed by atoms with van der Waals surface area (Å²) in [6.07, 6.45) is 0. The Labute approximate surface area is 118 Å². The predicted octanol–water partition coefficient (Wildman–Crippen LogP) is 3.35. The molecule has 0 fully saturated rings. The van der Waals surface area contributed by atoms with Gasteiger partial charge in [0.25, 0.3) is 0 Å². The summed E-state index contributed by atoms with van der Waals surface area (Å²) in [5.74, 6) is 0.851. The van der Waals surface area contributed by atoms with E-state index < -0.39 is 0 Å². The van der Waals surface area contributed by atoms with Crippen molar-refractivity contribution < 1.29 is 9.84 Å². The lowest BCUT2D eigenvalue weighted by Gasteiger charge is -2.09. The number of ether oxygens (including phenoxy) is 1. The summed E-state index contributed by atoms with van der Waals surface area (Å²) in [6, 6.07) is 16.1. The summed E-state index contributed by atoms with van der Waals surface area (Å²) >= 11 is 0. The molecule has 20 heavy (non-hydrogen) atoms. The minimum atomic E-state index is 0.0483. The van der Waals surface area contributed by atoms with E-state index in [1.165, 1.54) is 0 Å². The number of fused-ring (bicyclic) bond motifs is 1. The number of hydrogen-bond acceptors (Lipinski definition) is 2. The van der Waals surface area contributed by atoms with Crippen molar-refractivity contribution in [2.24, 2.45) is 7.05 Å². The van der Waals surface area contributed by atoms with Crippen LogP contribution in [-0.2, 0) is 13.7 Å². The van der Waals surface area contributed by atoms with Crippen LogP contribution in [0.25, 0.3) is 22.2 Å². The molecule has 0 radical (unpaired) electrons. The highest BCUT2D eigenvalue weighted by Crippen LogP contribution is 2.34. The number of hydrogen-bond donors (Lipinski definition) is 1. The molecule has 1 N–H and O–H groups in total. The normalized spacial score (nSPS) is 10.9. The van der Waals surface area contributed by atoms with Crippen LogP contribution in [0.15, 0.2) is 48.5 Å². The highest BCUT2D eigenvalue weighted by atomic mass is 16.5. The molecule has 0 saturated heterocycles. The number of aromatic nitrogens is 1. The van der Waals surface area contributed by atoms with Gasteiger partial charge in [0.2, 0.25) is 0 Å². The van der Waals surface area contributed by atoms with Crippen molar-refractivity contribution in [1.29, 1.82) is 0 Å². The Hall–Kier alpha value is -2.26. The average Bonchev–Trinajstić information content (AvgIpc) is 2.84. The Morgan fingerprint density at radius 3 is 2.65 bits per heavy atom. The summed E-state index contributed by atoms with van der Waals surface area (Å²) in [6.45, 7) is 0.0483. The van der Waals surface area contributed by atoms with Gasteiger partial charge in [-0.15, -0.1) is 0 Å². The molecule has 0 amide bonds. The van der Waals surface area contributed by atoms with Gasteiger partial charge in [-0.2, -0.15) is 0 Å². The Bertz CT molecular complexity index is 759. The van der Waals surface area contributed by atoms with Gasteiger partial charge in [0.05, 0.1) is 19.4 Å². The fourth-order valence-corrected chi connectivity index (χ4v) is 2.67. The second-order valence-electron chi connectivity index (χ2n) is 4.80. The maximum absolute atomic E-state index is 9.47. The molecular formula is C17H17NO2. The number of para-hydroxylation sites is 1. The minimum Gasteiger partial charge on any atom is -0.496 e. The molecule has 3 rings (SSSR count). The summed E-state index contributed by atoms with van der Waals surface area (Å²) in [5.41, 5.74) is 4.19. The smallest absolute Gasteiger partial charge is 0.128 e. The van der Waals surface area contributed by atoms with Gasteiger partial charge < -0.3 is 14.4 Å². The molecule has 0 unspecified atom stereocenters. The van der Waals surface area contributed by atoms with Gasteiger partial charge in [-0.25, -0.2) is 0 Å². The quantitative estimate of drug-likeness (QED) is 0.789. The Morgan fingerprint density at radius 1 is 1.10 bits per heavy atom. The lowest BCUT2D eigenvalue weighted by Crippen LogP contribution is -1.94. The molecule has 0 spiro atoms. The topological polar surface area (TPSA) is 34.4 Å². The van der Waals surface area contributed by atoms with Crippen LogP contribution in [0.3, 0.4) is 0 Å². The lowest BCUT2D eigenvalue weighted by atomic mass is 10.1. The van der Waals surface area contributed by atoms with Crippen molar-refractivity contribution in [2.75, 3.05) is 7.11 Å². The Morgan fingerprint density at radius 2 is 1.90 bits per heavy atom. The van der Waals surface area contributed by atoms with Gasteiger partial charge in [-0.3, -0.25) is 0 Å². The van der Waals surface area contributed by atoms with Crippen molar-refractivity contribution in [1.82, 2.24) is 4.57 Å². The molecule has 3 nitrogen and oxygen atoms in total. The van der Waals surface area contributed by atoms with Crippen LogP contribution < -0.4 is 4.74 Å². The highest BCUT2D eigenvalue weighted by Gasteiger charge is 2.13. The molecule has 0 aliphatic rings. The monoisotopic (exact) mass is 267 g/mol. The number of aliphatic hydroxyl groups excluding tert-OH is 1. The summed E-state index contributed by atoms with van der Waals surface area (Å²) in [4.78, 5) is 0. The largest absolute Gasteiger partial charge is 0.496 e. The first-order chi connectivity index (χ1) is 9.76. The van der Waals surface area contributed by atoms with Gasteiger partial charge >= 0.3 is 0 Å². The molecule has 0 aliphatic heterocycles. The van der Waals surface area contributed by atoms with Crippen LogP contribution in [0.1, 0.15) is 5.56 Å². The zero-order valence-electron chi connectivity index (χ0n) is 11.6. The van der Waals surface area contributed by atoms with E-state index in [4.69, 9.17) is 4.74 Å². The second kappa shape index (κ2) is 5.02. The van der Waals surface area contributed by atoms with Crippen LogP contribution in [0.4, 0.5) is 0 Å². The van der Waals surface area contributed by atoms with Gasteiger partial charge in [0.15, 0.2) is 0 Å². The van der Waals surface area contributed by atoms with E-state index in [-0.39, 0.29) is 6.61 Å². The van der Waals surface area contributed by atoms with E-state index in [0.29, 0.717) is 0 Å². The third-order valence-corrected chi connectivity index (χ3v) is 3.73. The first kappa shape index (κ1) is 12.8. The molecule has 1 aromatic heterocycles. The lowest BCUT2D eigenvalue weighted by molar-refractivity contribution is 0.283. The number of aryl methyl sites for hydroxylation is 1. The van der Waals surface area contributed by atoms with E-state index in [1.807, 2.05) is 43.4 Å². The van der Waals surface area contributed by atoms with Gasteiger partial charge in [0, 0.05) is 23.5 Å². The second-order valence-corrected chi connectivity index (χ2v) is 4.80.